The Morgan fingerprint density at radius 1 is 1.40 bits per heavy atom. The third kappa shape index (κ3) is 3.02. The van der Waals surface area contributed by atoms with Crippen LogP contribution in [0, 0.1) is 11.6 Å². The van der Waals surface area contributed by atoms with Crippen molar-refractivity contribution in [1.29, 1.82) is 0 Å². The number of H-pyrrole nitrogens is 1. The Morgan fingerprint density at radius 3 is 2.80 bits per heavy atom. The molecule has 0 unspecified atom stereocenters. The molecule has 0 saturated heterocycles. The van der Waals surface area contributed by atoms with Crippen LogP contribution in [-0.4, -0.2) is 17.1 Å². The first-order chi connectivity index (χ1) is 9.56. The van der Waals surface area contributed by atoms with Gasteiger partial charge >= 0.3 is 0 Å². The number of rotatable bonds is 4. The van der Waals surface area contributed by atoms with Crippen LogP contribution in [0.2, 0.25) is 5.02 Å². The van der Waals surface area contributed by atoms with Crippen molar-refractivity contribution in [1.82, 2.24) is 9.97 Å². The topological polar surface area (TPSA) is 37.9 Å². The van der Waals surface area contributed by atoms with E-state index in [9.17, 15) is 0 Å². The Hall–Kier alpha value is -1.39. The average Bonchev–Trinajstić information content (AvgIpc) is 2.43. The van der Waals surface area contributed by atoms with Gasteiger partial charge in [-0.05, 0) is 25.5 Å². The summed E-state index contributed by atoms with van der Waals surface area (Å²) in [6.07, 6.45) is 1.90. The van der Waals surface area contributed by atoms with E-state index in [1.807, 2.05) is 25.1 Å². The smallest absolute Gasteiger partial charge is 0.138 e. The summed E-state index contributed by atoms with van der Waals surface area (Å²) in [5, 5.41) is 0.593. The molecule has 1 aromatic carbocycles. The Labute approximate surface area is 129 Å². The lowest BCUT2D eigenvalue weighted by Gasteiger charge is -2.11. The molecule has 0 aliphatic carbocycles. The number of benzene rings is 1. The molecule has 2 rings (SSSR count). The van der Waals surface area contributed by atoms with E-state index in [4.69, 9.17) is 28.6 Å². The SMILES string of the molecule is CCCc1nc(=S)c(C)c(-c2ccc(Cl)c(OC)c2)[nH]1. The minimum atomic E-state index is 0.593. The summed E-state index contributed by atoms with van der Waals surface area (Å²) in [5.41, 5.74) is 2.93. The highest BCUT2D eigenvalue weighted by atomic mass is 35.5. The van der Waals surface area contributed by atoms with Crippen molar-refractivity contribution in [2.45, 2.75) is 26.7 Å². The number of aryl methyl sites for hydroxylation is 1. The number of hydrogen-bond donors (Lipinski definition) is 1. The second kappa shape index (κ2) is 6.37. The molecule has 106 valence electrons. The second-order valence-corrected chi connectivity index (χ2v) is 5.38. The molecule has 0 radical (unpaired) electrons. The standard InChI is InChI=1S/C15H17ClN2OS/c1-4-5-13-17-14(9(2)15(20)18-13)10-6-7-11(16)12(8-10)19-3/h6-8H,4-5H2,1-3H3,(H,17,18,20). The average molecular weight is 309 g/mol. The number of ether oxygens (including phenoxy) is 1. The first-order valence-corrected chi connectivity index (χ1v) is 7.29. The van der Waals surface area contributed by atoms with Crippen molar-refractivity contribution >= 4 is 23.8 Å². The third-order valence-corrected chi connectivity index (χ3v) is 3.84. The van der Waals surface area contributed by atoms with Crippen molar-refractivity contribution in [2.24, 2.45) is 0 Å². The van der Waals surface area contributed by atoms with Gasteiger partial charge in [0.2, 0.25) is 0 Å². The molecule has 5 heteroatoms. The maximum absolute atomic E-state index is 6.07. The lowest BCUT2D eigenvalue weighted by atomic mass is 10.1. The summed E-state index contributed by atoms with van der Waals surface area (Å²) in [5.74, 6) is 1.56. The molecule has 2 aromatic rings. The van der Waals surface area contributed by atoms with Gasteiger partial charge in [0.15, 0.2) is 0 Å². The molecular weight excluding hydrogens is 292 g/mol. The van der Waals surface area contributed by atoms with Crippen LogP contribution in [0.3, 0.4) is 0 Å². The van der Waals surface area contributed by atoms with Crippen LogP contribution in [0.25, 0.3) is 11.3 Å². The largest absolute Gasteiger partial charge is 0.495 e. The monoisotopic (exact) mass is 308 g/mol. The molecule has 1 aromatic heterocycles. The summed E-state index contributed by atoms with van der Waals surface area (Å²) in [7, 11) is 1.61. The summed E-state index contributed by atoms with van der Waals surface area (Å²) in [6, 6.07) is 5.69. The summed E-state index contributed by atoms with van der Waals surface area (Å²) in [6.45, 7) is 4.08. The maximum Gasteiger partial charge on any atom is 0.138 e. The zero-order chi connectivity index (χ0) is 14.7. The van der Waals surface area contributed by atoms with Gasteiger partial charge < -0.3 is 9.72 Å². The van der Waals surface area contributed by atoms with E-state index in [0.29, 0.717) is 15.4 Å². The Morgan fingerprint density at radius 2 is 2.15 bits per heavy atom. The van der Waals surface area contributed by atoms with Gasteiger partial charge in [-0.2, -0.15) is 0 Å². The highest BCUT2D eigenvalue weighted by Crippen LogP contribution is 2.31. The van der Waals surface area contributed by atoms with E-state index in [2.05, 4.69) is 16.9 Å². The minimum Gasteiger partial charge on any atom is -0.495 e. The van der Waals surface area contributed by atoms with Crippen molar-refractivity contribution in [3.8, 4) is 17.0 Å². The zero-order valence-corrected chi connectivity index (χ0v) is 13.4. The number of nitrogens with one attached hydrogen (secondary N) is 1. The highest BCUT2D eigenvalue weighted by molar-refractivity contribution is 7.71. The van der Waals surface area contributed by atoms with Crippen molar-refractivity contribution in [2.75, 3.05) is 7.11 Å². The van der Waals surface area contributed by atoms with Crippen molar-refractivity contribution < 1.29 is 4.74 Å². The Bertz CT molecular complexity index is 682. The van der Waals surface area contributed by atoms with E-state index in [1.54, 1.807) is 7.11 Å². The summed E-state index contributed by atoms with van der Waals surface area (Å²) in [4.78, 5) is 7.78. The van der Waals surface area contributed by atoms with Crippen molar-refractivity contribution in [3.63, 3.8) is 0 Å². The molecule has 0 aliphatic rings. The van der Waals surface area contributed by atoms with E-state index >= 15 is 0 Å². The fourth-order valence-corrected chi connectivity index (χ4v) is 2.45. The molecule has 0 fully saturated rings. The number of aromatic amines is 1. The van der Waals surface area contributed by atoms with Gasteiger partial charge in [-0.3, -0.25) is 0 Å². The van der Waals surface area contributed by atoms with Crippen LogP contribution in [0.4, 0.5) is 0 Å². The Balaban J connectivity index is 2.59. The minimum absolute atomic E-state index is 0.593. The fourth-order valence-electron chi connectivity index (χ4n) is 2.04. The molecule has 0 aliphatic heterocycles. The molecular formula is C15H17ClN2OS. The van der Waals surface area contributed by atoms with E-state index in [-0.39, 0.29) is 0 Å². The zero-order valence-electron chi connectivity index (χ0n) is 11.8. The maximum atomic E-state index is 6.07. The van der Waals surface area contributed by atoms with Gasteiger partial charge in [0, 0.05) is 17.5 Å². The summed E-state index contributed by atoms with van der Waals surface area (Å²) >= 11 is 11.4. The second-order valence-electron chi connectivity index (χ2n) is 4.59. The quantitative estimate of drug-likeness (QED) is 0.830. The number of methoxy groups -OCH3 is 1. The summed E-state index contributed by atoms with van der Waals surface area (Å²) < 4.78 is 5.90. The molecule has 1 N–H and O–H groups in total. The lowest BCUT2D eigenvalue weighted by molar-refractivity contribution is 0.415. The predicted molar refractivity (Wildman–Crippen MR) is 85.2 cm³/mol. The van der Waals surface area contributed by atoms with Crippen LogP contribution < -0.4 is 4.74 Å². The van der Waals surface area contributed by atoms with E-state index < -0.39 is 0 Å². The molecule has 1 heterocycles. The van der Waals surface area contributed by atoms with Crippen molar-refractivity contribution in [3.05, 3.63) is 39.3 Å². The fraction of sp³-hybridized carbons (Fsp3) is 0.333. The van der Waals surface area contributed by atoms with Crippen LogP contribution >= 0.6 is 23.8 Å². The molecule has 3 nitrogen and oxygen atoms in total. The van der Waals surface area contributed by atoms with Crippen LogP contribution in [0.5, 0.6) is 5.75 Å². The van der Waals surface area contributed by atoms with Gasteiger partial charge in [-0.25, -0.2) is 4.98 Å². The van der Waals surface area contributed by atoms with Crippen LogP contribution in [0.15, 0.2) is 18.2 Å². The molecule has 0 spiro atoms. The molecule has 20 heavy (non-hydrogen) atoms. The normalized spacial score (nSPS) is 10.6. The molecule has 0 amide bonds. The van der Waals surface area contributed by atoms with Gasteiger partial charge in [0.1, 0.15) is 16.2 Å². The number of aromatic nitrogens is 2. The first kappa shape index (κ1) is 15.0. The first-order valence-electron chi connectivity index (χ1n) is 6.50. The van der Waals surface area contributed by atoms with Gasteiger partial charge in [-0.1, -0.05) is 36.8 Å². The number of halogens is 1. The Kier molecular flexibility index (Phi) is 4.78. The third-order valence-electron chi connectivity index (χ3n) is 3.13. The van der Waals surface area contributed by atoms with Gasteiger partial charge in [0.05, 0.1) is 17.8 Å². The molecule has 0 saturated carbocycles. The van der Waals surface area contributed by atoms with E-state index in [0.717, 1.165) is 35.5 Å². The molecule has 0 atom stereocenters. The molecule has 0 bridgehead atoms. The lowest BCUT2D eigenvalue weighted by Crippen LogP contribution is -2.00. The highest BCUT2D eigenvalue weighted by Gasteiger charge is 2.10. The number of nitrogens with zero attached hydrogens (tertiary/aromatic N) is 1. The van der Waals surface area contributed by atoms with Crippen LogP contribution in [0.1, 0.15) is 24.7 Å². The number of hydrogen-bond acceptors (Lipinski definition) is 3. The van der Waals surface area contributed by atoms with Crippen LogP contribution in [-0.2, 0) is 6.42 Å². The predicted octanol–water partition coefficient (Wildman–Crippen LogP) is 4.73. The van der Waals surface area contributed by atoms with E-state index in [1.165, 1.54) is 0 Å². The van der Waals surface area contributed by atoms with Gasteiger partial charge in [-0.15, -0.1) is 0 Å². The van der Waals surface area contributed by atoms with Gasteiger partial charge in [0.25, 0.3) is 0 Å².